The van der Waals surface area contributed by atoms with Crippen LogP contribution in [0.25, 0.3) is 0 Å². The highest BCUT2D eigenvalue weighted by Crippen LogP contribution is 2.32. The standard InChI is InChI=1S/C12H21N3O/c1-3-15(9-10(2)8-13)11(16)7-12(14)5-4-6-12/h10H,3-7,9,14H2,1-2H3. The highest BCUT2D eigenvalue weighted by Gasteiger charge is 2.35. The molecule has 4 nitrogen and oxygen atoms in total. The molecule has 1 saturated carbocycles. The minimum absolute atomic E-state index is 0.0896. The van der Waals surface area contributed by atoms with Gasteiger partial charge in [-0.15, -0.1) is 0 Å². The van der Waals surface area contributed by atoms with Crippen molar-refractivity contribution in [1.82, 2.24) is 4.90 Å². The summed E-state index contributed by atoms with van der Waals surface area (Å²) in [5, 5.41) is 8.74. The predicted molar refractivity (Wildman–Crippen MR) is 62.4 cm³/mol. The maximum absolute atomic E-state index is 12.0. The first kappa shape index (κ1) is 13.0. The third kappa shape index (κ3) is 3.21. The van der Waals surface area contributed by atoms with E-state index in [1.807, 2.05) is 13.8 Å². The Labute approximate surface area is 97.4 Å². The number of rotatable bonds is 5. The molecule has 1 aliphatic rings. The van der Waals surface area contributed by atoms with Crippen molar-refractivity contribution in [2.45, 2.75) is 45.1 Å². The second-order valence-electron chi connectivity index (χ2n) is 4.86. The molecule has 1 unspecified atom stereocenters. The van der Waals surface area contributed by atoms with Gasteiger partial charge in [-0.3, -0.25) is 4.79 Å². The van der Waals surface area contributed by atoms with Crippen LogP contribution in [-0.4, -0.2) is 29.4 Å². The Bertz CT molecular complexity index is 291. The van der Waals surface area contributed by atoms with Crippen LogP contribution in [-0.2, 0) is 4.79 Å². The summed E-state index contributed by atoms with van der Waals surface area (Å²) in [5.41, 5.74) is 5.78. The molecule has 0 aromatic carbocycles. The molecular formula is C12H21N3O. The maximum atomic E-state index is 12.0. The molecular weight excluding hydrogens is 202 g/mol. The molecule has 1 fully saturated rings. The summed E-state index contributed by atoms with van der Waals surface area (Å²) in [5.74, 6) is -0.0224. The van der Waals surface area contributed by atoms with Gasteiger partial charge in [-0.25, -0.2) is 0 Å². The van der Waals surface area contributed by atoms with Crippen LogP contribution in [0.3, 0.4) is 0 Å². The van der Waals surface area contributed by atoms with Gasteiger partial charge in [0.25, 0.3) is 0 Å². The third-order valence-electron chi connectivity index (χ3n) is 3.30. The van der Waals surface area contributed by atoms with Crippen molar-refractivity contribution in [3.05, 3.63) is 0 Å². The number of nitriles is 1. The largest absolute Gasteiger partial charge is 0.342 e. The lowest BCUT2D eigenvalue weighted by atomic mass is 9.75. The molecule has 4 heteroatoms. The zero-order valence-electron chi connectivity index (χ0n) is 10.2. The molecule has 0 aliphatic heterocycles. The van der Waals surface area contributed by atoms with Gasteiger partial charge >= 0.3 is 0 Å². The molecule has 1 aliphatic carbocycles. The van der Waals surface area contributed by atoms with Gasteiger partial charge in [-0.1, -0.05) is 0 Å². The first-order valence-electron chi connectivity index (χ1n) is 5.97. The van der Waals surface area contributed by atoms with E-state index in [9.17, 15) is 4.79 Å². The molecule has 0 aromatic rings. The highest BCUT2D eigenvalue weighted by atomic mass is 16.2. The van der Waals surface area contributed by atoms with Crippen molar-refractivity contribution >= 4 is 5.91 Å². The average molecular weight is 223 g/mol. The summed E-state index contributed by atoms with van der Waals surface area (Å²) in [7, 11) is 0. The van der Waals surface area contributed by atoms with Crippen LogP contribution in [0.4, 0.5) is 0 Å². The van der Waals surface area contributed by atoms with Crippen LogP contribution >= 0.6 is 0 Å². The summed E-state index contributed by atoms with van der Waals surface area (Å²) in [6.07, 6.45) is 3.46. The second-order valence-corrected chi connectivity index (χ2v) is 4.86. The molecule has 16 heavy (non-hydrogen) atoms. The summed E-state index contributed by atoms with van der Waals surface area (Å²) < 4.78 is 0. The SMILES string of the molecule is CCN(CC(C)C#N)C(=O)CC1(N)CCC1. The van der Waals surface area contributed by atoms with E-state index in [-0.39, 0.29) is 17.4 Å². The van der Waals surface area contributed by atoms with Crippen molar-refractivity contribution < 1.29 is 4.79 Å². The number of hydrogen-bond donors (Lipinski definition) is 1. The molecule has 1 atom stereocenters. The van der Waals surface area contributed by atoms with Crippen LogP contribution in [0, 0.1) is 17.2 Å². The van der Waals surface area contributed by atoms with E-state index in [2.05, 4.69) is 6.07 Å². The second kappa shape index (κ2) is 5.31. The Morgan fingerprint density at radius 2 is 2.25 bits per heavy atom. The van der Waals surface area contributed by atoms with Crippen LogP contribution in [0.2, 0.25) is 0 Å². The van der Waals surface area contributed by atoms with E-state index in [0.29, 0.717) is 19.5 Å². The number of hydrogen-bond acceptors (Lipinski definition) is 3. The van der Waals surface area contributed by atoms with E-state index in [1.165, 1.54) is 0 Å². The normalized spacial score (nSPS) is 19.4. The average Bonchev–Trinajstić information content (AvgIpc) is 2.22. The Kier molecular flexibility index (Phi) is 4.31. The van der Waals surface area contributed by atoms with Crippen LogP contribution in [0.15, 0.2) is 0 Å². The van der Waals surface area contributed by atoms with Gasteiger partial charge < -0.3 is 10.6 Å². The lowest BCUT2D eigenvalue weighted by Crippen LogP contribution is -2.51. The molecule has 2 N–H and O–H groups in total. The molecule has 90 valence electrons. The summed E-state index contributed by atoms with van der Waals surface area (Å²) in [4.78, 5) is 13.7. The smallest absolute Gasteiger partial charge is 0.224 e. The monoisotopic (exact) mass is 223 g/mol. The van der Waals surface area contributed by atoms with Crippen LogP contribution in [0.1, 0.15) is 39.5 Å². The fraction of sp³-hybridized carbons (Fsp3) is 0.833. The van der Waals surface area contributed by atoms with Gasteiger partial charge in [0.1, 0.15) is 0 Å². The van der Waals surface area contributed by atoms with Crippen molar-refractivity contribution in [2.75, 3.05) is 13.1 Å². The topological polar surface area (TPSA) is 70.1 Å². The maximum Gasteiger partial charge on any atom is 0.224 e. The lowest BCUT2D eigenvalue weighted by molar-refractivity contribution is -0.133. The first-order chi connectivity index (χ1) is 7.50. The Morgan fingerprint density at radius 3 is 2.62 bits per heavy atom. The molecule has 1 rings (SSSR count). The molecule has 0 spiro atoms. The Balaban J connectivity index is 2.46. The van der Waals surface area contributed by atoms with E-state index in [0.717, 1.165) is 19.3 Å². The van der Waals surface area contributed by atoms with Crippen molar-refractivity contribution in [2.24, 2.45) is 11.7 Å². The number of carbonyl (C=O) groups excluding carboxylic acids is 1. The van der Waals surface area contributed by atoms with E-state index in [4.69, 9.17) is 11.0 Å². The predicted octanol–water partition coefficient (Wildman–Crippen LogP) is 1.27. The van der Waals surface area contributed by atoms with E-state index < -0.39 is 0 Å². The lowest BCUT2D eigenvalue weighted by Gasteiger charge is -2.39. The van der Waals surface area contributed by atoms with Gasteiger partial charge in [0, 0.05) is 25.0 Å². The van der Waals surface area contributed by atoms with Crippen molar-refractivity contribution in [3.8, 4) is 6.07 Å². The number of amides is 1. The molecule has 0 bridgehead atoms. The van der Waals surface area contributed by atoms with Crippen molar-refractivity contribution in [3.63, 3.8) is 0 Å². The third-order valence-corrected chi connectivity index (χ3v) is 3.30. The van der Waals surface area contributed by atoms with E-state index >= 15 is 0 Å². The van der Waals surface area contributed by atoms with Gasteiger partial charge in [-0.2, -0.15) is 5.26 Å². The summed E-state index contributed by atoms with van der Waals surface area (Å²) in [6, 6.07) is 2.15. The summed E-state index contributed by atoms with van der Waals surface area (Å²) >= 11 is 0. The van der Waals surface area contributed by atoms with Crippen LogP contribution < -0.4 is 5.73 Å². The minimum Gasteiger partial charge on any atom is -0.342 e. The minimum atomic E-state index is -0.264. The number of nitrogens with zero attached hydrogens (tertiary/aromatic N) is 2. The molecule has 0 radical (unpaired) electrons. The molecule has 0 heterocycles. The van der Waals surface area contributed by atoms with E-state index in [1.54, 1.807) is 4.90 Å². The summed E-state index contributed by atoms with van der Waals surface area (Å²) in [6.45, 7) is 4.94. The molecule has 1 amide bonds. The van der Waals surface area contributed by atoms with Crippen molar-refractivity contribution in [1.29, 1.82) is 5.26 Å². The fourth-order valence-corrected chi connectivity index (χ4v) is 2.00. The number of carbonyl (C=O) groups is 1. The number of nitrogens with two attached hydrogens (primary N) is 1. The van der Waals surface area contributed by atoms with Gasteiger partial charge in [0.15, 0.2) is 0 Å². The Morgan fingerprint density at radius 1 is 1.62 bits per heavy atom. The Hall–Kier alpha value is -1.08. The fourth-order valence-electron chi connectivity index (χ4n) is 2.00. The molecule has 0 saturated heterocycles. The first-order valence-corrected chi connectivity index (χ1v) is 5.97. The van der Waals surface area contributed by atoms with Gasteiger partial charge in [-0.05, 0) is 33.1 Å². The zero-order chi connectivity index (χ0) is 12.2. The molecule has 0 aromatic heterocycles. The quantitative estimate of drug-likeness (QED) is 0.763. The van der Waals surface area contributed by atoms with Gasteiger partial charge in [0.2, 0.25) is 5.91 Å². The highest BCUT2D eigenvalue weighted by molar-refractivity contribution is 5.77. The van der Waals surface area contributed by atoms with Gasteiger partial charge in [0.05, 0.1) is 12.0 Å². The van der Waals surface area contributed by atoms with Crippen LogP contribution in [0.5, 0.6) is 0 Å². The zero-order valence-corrected chi connectivity index (χ0v) is 10.2.